The molecule has 108 valence electrons. The number of nitrogens with zero attached hydrogens (tertiary/aromatic N) is 2. The molecular weight excluding hydrogens is 274 g/mol. The topological polar surface area (TPSA) is 76.4 Å². The molecule has 0 aromatic carbocycles. The fourth-order valence-corrected chi connectivity index (χ4v) is 3.26. The van der Waals surface area contributed by atoms with Crippen molar-refractivity contribution in [3.05, 3.63) is 21.9 Å². The zero-order valence-electron chi connectivity index (χ0n) is 11.5. The van der Waals surface area contributed by atoms with Crippen molar-refractivity contribution in [1.82, 2.24) is 10.2 Å². The van der Waals surface area contributed by atoms with Crippen LogP contribution in [0, 0.1) is 11.3 Å². The zero-order chi connectivity index (χ0) is 14.5. The van der Waals surface area contributed by atoms with E-state index in [4.69, 9.17) is 10.4 Å². The Balaban J connectivity index is 1.71. The van der Waals surface area contributed by atoms with E-state index in [9.17, 15) is 4.79 Å². The summed E-state index contributed by atoms with van der Waals surface area (Å²) in [6, 6.07) is 4.88. The van der Waals surface area contributed by atoms with Crippen molar-refractivity contribution in [1.29, 1.82) is 5.26 Å². The molecule has 1 saturated carbocycles. The van der Waals surface area contributed by atoms with Gasteiger partial charge in [0.15, 0.2) is 0 Å². The van der Waals surface area contributed by atoms with E-state index in [-0.39, 0.29) is 6.54 Å². The summed E-state index contributed by atoms with van der Waals surface area (Å²) in [6.07, 6.45) is 2.00. The van der Waals surface area contributed by atoms with E-state index in [1.165, 1.54) is 4.88 Å². The third kappa shape index (κ3) is 3.79. The van der Waals surface area contributed by atoms with Crippen molar-refractivity contribution < 1.29 is 9.90 Å². The summed E-state index contributed by atoms with van der Waals surface area (Å²) in [4.78, 5) is 13.9. The van der Waals surface area contributed by atoms with Crippen LogP contribution in [0.4, 0.5) is 0 Å². The predicted molar refractivity (Wildman–Crippen MR) is 77.6 cm³/mol. The number of carboxylic acid groups (broad SMARTS) is 1. The van der Waals surface area contributed by atoms with Crippen molar-refractivity contribution in [2.75, 3.05) is 13.1 Å². The van der Waals surface area contributed by atoms with Gasteiger partial charge < -0.3 is 10.4 Å². The van der Waals surface area contributed by atoms with Crippen LogP contribution in [0.5, 0.6) is 0 Å². The van der Waals surface area contributed by atoms with Gasteiger partial charge in [-0.1, -0.05) is 6.92 Å². The Kier molecular flexibility index (Phi) is 5.12. The van der Waals surface area contributed by atoms with Gasteiger partial charge in [0, 0.05) is 28.9 Å². The van der Waals surface area contributed by atoms with Gasteiger partial charge in [0.2, 0.25) is 0 Å². The molecule has 2 N–H and O–H groups in total. The molecule has 1 heterocycles. The number of nitrogens with one attached hydrogen (secondary N) is 1. The average molecular weight is 293 g/mol. The van der Waals surface area contributed by atoms with Gasteiger partial charge in [0.25, 0.3) is 0 Å². The van der Waals surface area contributed by atoms with Gasteiger partial charge in [-0.05, 0) is 25.5 Å². The standard InChI is InChI=1S/C14H19N3O2S/c1-2-17(8-14(18)19)12-4-11(5-12)16-7-13-3-10(6-15)9-20-13/h3,9,11-12,16H,2,4-5,7-8H2,1H3,(H,18,19). The summed E-state index contributed by atoms with van der Waals surface area (Å²) in [5.41, 5.74) is 0.719. The van der Waals surface area contributed by atoms with Crippen LogP contribution in [0.1, 0.15) is 30.2 Å². The molecule has 0 spiro atoms. The van der Waals surface area contributed by atoms with E-state index in [0.29, 0.717) is 12.1 Å². The largest absolute Gasteiger partial charge is 0.480 e. The highest BCUT2D eigenvalue weighted by Crippen LogP contribution is 2.26. The van der Waals surface area contributed by atoms with E-state index in [1.54, 1.807) is 11.3 Å². The molecule has 0 radical (unpaired) electrons. The summed E-state index contributed by atoms with van der Waals surface area (Å²) >= 11 is 1.60. The molecule has 2 rings (SSSR count). The van der Waals surface area contributed by atoms with Crippen LogP contribution < -0.4 is 5.32 Å². The molecule has 0 atom stereocenters. The van der Waals surface area contributed by atoms with Crippen LogP contribution in [0.25, 0.3) is 0 Å². The van der Waals surface area contributed by atoms with E-state index >= 15 is 0 Å². The summed E-state index contributed by atoms with van der Waals surface area (Å²) in [7, 11) is 0. The molecule has 1 fully saturated rings. The third-order valence-corrected chi connectivity index (χ3v) is 4.66. The Hall–Kier alpha value is -1.42. The number of hydrogen-bond acceptors (Lipinski definition) is 5. The SMILES string of the molecule is CCN(CC(=O)O)C1CC(NCc2cc(C#N)cs2)C1. The van der Waals surface area contributed by atoms with Gasteiger partial charge in [-0.3, -0.25) is 9.69 Å². The summed E-state index contributed by atoms with van der Waals surface area (Å²) in [6.45, 7) is 3.69. The minimum absolute atomic E-state index is 0.129. The molecule has 0 aliphatic heterocycles. The van der Waals surface area contributed by atoms with Crippen molar-refractivity contribution >= 4 is 17.3 Å². The smallest absolute Gasteiger partial charge is 0.317 e. The van der Waals surface area contributed by atoms with Crippen molar-refractivity contribution in [3.63, 3.8) is 0 Å². The van der Waals surface area contributed by atoms with E-state index in [2.05, 4.69) is 11.4 Å². The monoisotopic (exact) mass is 293 g/mol. The molecule has 6 heteroatoms. The number of carboxylic acids is 1. The first-order chi connectivity index (χ1) is 9.62. The van der Waals surface area contributed by atoms with Crippen LogP contribution >= 0.6 is 11.3 Å². The molecule has 1 aliphatic rings. The van der Waals surface area contributed by atoms with Crippen LogP contribution in [0.3, 0.4) is 0 Å². The lowest BCUT2D eigenvalue weighted by Gasteiger charge is -2.42. The minimum atomic E-state index is -0.758. The molecule has 20 heavy (non-hydrogen) atoms. The number of aliphatic carboxylic acids is 1. The number of nitriles is 1. The Morgan fingerprint density at radius 2 is 2.40 bits per heavy atom. The maximum atomic E-state index is 10.8. The van der Waals surface area contributed by atoms with E-state index in [0.717, 1.165) is 31.5 Å². The van der Waals surface area contributed by atoms with Crippen molar-refractivity contribution in [2.45, 2.75) is 38.4 Å². The Morgan fingerprint density at radius 3 is 2.95 bits per heavy atom. The van der Waals surface area contributed by atoms with Gasteiger partial charge in [0.1, 0.15) is 6.07 Å². The van der Waals surface area contributed by atoms with Crippen LogP contribution in [-0.4, -0.2) is 41.1 Å². The van der Waals surface area contributed by atoms with E-state index < -0.39 is 5.97 Å². The first-order valence-electron chi connectivity index (χ1n) is 6.79. The normalized spacial score (nSPS) is 21.4. The molecule has 1 aromatic rings. The van der Waals surface area contributed by atoms with Crippen LogP contribution in [0.15, 0.2) is 11.4 Å². The second kappa shape index (κ2) is 6.84. The Labute approximate surface area is 122 Å². The Morgan fingerprint density at radius 1 is 1.65 bits per heavy atom. The molecule has 0 amide bonds. The zero-order valence-corrected chi connectivity index (χ0v) is 12.3. The van der Waals surface area contributed by atoms with Gasteiger partial charge in [-0.25, -0.2) is 0 Å². The molecule has 1 aromatic heterocycles. The van der Waals surface area contributed by atoms with Crippen molar-refractivity contribution in [2.24, 2.45) is 0 Å². The van der Waals surface area contributed by atoms with Gasteiger partial charge in [0.05, 0.1) is 12.1 Å². The van der Waals surface area contributed by atoms with Crippen LogP contribution in [0.2, 0.25) is 0 Å². The predicted octanol–water partition coefficient (Wildman–Crippen LogP) is 1.65. The lowest BCUT2D eigenvalue weighted by Crippen LogP contribution is -2.53. The third-order valence-electron chi connectivity index (χ3n) is 3.72. The molecule has 1 aliphatic carbocycles. The van der Waals surface area contributed by atoms with Gasteiger partial charge >= 0.3 is 5.97 Å². The lowest BCUT2D eigenvalue weighted by atomic mass is 9.85. The number of rotatable bonds is 7. The van der Waals surface area contributed by atoms with Crippen molar-refractivity contribution in [3.8, 4) is 6.07 Å². The fourth-order valence-electron chi connectivity index (χ4n) is 2.50. The number of thiophene rings is 1. The van der Waals surface area contributed by atoms with E-state index in [1.807, 2.05) is 23.3 Å². The molecule has 0 unspecified atom stereocenters. The summed E-state index contributed by atoms with van der Waals surface area (Å²) in [5.74, 6) is -0.758. The minimum Gasteiger partial charge on any atom is -0.480 e. The number of hydrogen-bond donors (Lipinski definition) is 2. The average Bonchev–Trinajstić information content (AvgIpc) is 2.82. The van der Waals surface area contributed by atoms with Gasteiger partial charge in [-0.2, -0.15) is 5.26 Å². The molecular formula is C14H19N3O2S. The number of carbonyl (C=O) groups is 1. The lowest BCUT2D eigenvalue weighted by molar-refractivity contribution is -0.139. The molecule has 0 saturated heterocycles. The number of likely N-dealkylation sites (N-methyl/N-ethyl adjacent to an activating group) is 1. The maximum Gasteiger partial charge on any atom is 0.317 e. The second-order valence-corrected chi connectivity index (χ2v) is 6.07. The first kappa shape index (κ1) is 15.0. The molecule has 0 bridgehead atoms. The Bertz CT molecular complexity index is 503. The summed E-state index contributed by atoms with van der Waals surface area (Å²) < 4.78 is 0. The highest BCUT2D eigenvalue weighted by molar-refractivity contribution is 7.10. The maximum absolute atomic E-state index is 10.8. The highest BCUT2D eigenvalue weighted by Gasteiger charge is 2.33. The van der Waals surface area contributed by atoms with Crippen LogP contribution in [-0.2, 0) is 11.3 Å². The summed E-state index contributed by atoms with van der Waals surface area (Å²) in [5, 5.41) is 22.9. The highest BCUT2D eigenvalue weighted by atomic mass is 32.1. The second-order valence-electron chi connectivity index (χ2n) is 5.07. The van der Waals surface area contributed by atoms with Gasteiger partial charge in [-0.15, -0.1) is 11.3 Å². The molecule has 5 nitrogen and oxygen atoms in total. The first-order valence-corrected chi connectivity index (χ1v) is 7.67. The quantitative estimate of drug-likeness (QED) is 0.799. The fraction of sp³-hybridized carbons (Fsp3) is 0.571.